The molecule has 110 valence electrons. The summed E-state index contributed by atoms with van der Waals surface area (Å²) in [5.74, 6) is 0. The number of aliphatic hydroxyl groups is 1. The molecule has 0 amide bonds. The largest absolute Gasteiger partial charge is 0.388 e. The summed E-state index contributed by atoms with van der Waals surface area (Å²) < 4.78 is 27.0. The van der Waals surface area contributed by atoms with Gasteiger partial charge in [-0.1, -0.05) is 35.9 Å². The van der Waals surface area contributed by atoms with Gasteiger partial charge in [0, 0.05) is 12.1 Å². The number of hydrogen-bond acceptors (Lipinski definition) is 3. The molecular weight excluding hydrogens is 286 g/mol. The quantitative estimate of drug-likeness (QED) is 0.928. The third kappa shape index (κ3) is 2.43. The van der Waals surface area contributed by atoms with Crippen LogP contribution in [0.1, 0.15) is 23.7 Å². The second-order valence-corrected chi connectivity index (χ2v) is 7.12. The molecule has 0 aromatic heterocycles. The molecule has 2 aromatic rings. The zero-order valence-electron chi connectivity index (χ0n) is 11.7. The minimum absolute atomic E-state index is 0.277. The van der Waals surface area contributed by atoms with Crippen LogP contribution in [0.3, 0.4) is 0 Å². The van der Waals surface area contributed by atoms with Gasteiger partial charge < -0.3 is 5.11 Å². The van der Waals surface area contributed by atoms with E-state index in [1.165, 1.54) is 4.31 Å². The molecule has 4 nitrogen and oxygen atoms in total. The van der Waals surface area contributed by atoms with Crippen LogP contribution >= 0.6 is 0 Å². The molecule has 1 N–H and O–H groups in total. The molecule has 0 radical (unpaired) electrons. The predicted octanol–water partition coefficient (Wildman–Crippen LogP) is 2.63. The summed E-state index contributed by atoms with van der Waals surface area (Å²) in [5.41, 5.74) is 2.25. The van der Waals surface area contributed by atoms with E-state index in [9.17, 15) is 13.5 Å². The van der Waals surface area contributed by atoms with E-state index in [1.807, 2.05) is 13.0 Å². The number of fused-ring (bicyclic) bond motifs is 1. The van der Waals surface area contributed by atoms with E-state index in [1.54, 1.807) is 42.5 Å². The number of nitrogens with zero attached hydrogens (tertiary/aromatic N) is 1. The molecule has 0 unspecified atom stereocenters. The predicted molar refractivity (Wildman–Crippen MR) is 81.7 cm³/mol. The van der Waals surface area contributed by atoms with Crippen LogP contribution in [-0.2, 0) is 10.0 Å². The number of hydrogen-bond donors (Lipinski definition) is 1. The maximum absolute atomic E-state index is 12.8. The van der Waals surface area contributed by atoms with E-state index in [0.717, 1.165) is 5.56 Å². The van der Waals surface area contributed by atoms with Crippen molar-refractivity contribution in [3.05, 3.63) is 59.7 Å². The zero-order chi connectivity index (χ0) is 15.0. The molecule has 1 heterocycles. The lowest BCUT2D eigenvalue weighted by Crippen LogP contribution is -2.36. The first-order valence-electron chi connectivity index (χ1n) is 6.86. The molecular formula is C16H17NO3S. The molecule has 0 saturated carbocycles. The van der Waals surface area contributed by atoms with E-state index in [0.29, 0.717) is 17.7 Å². The van der Waals surface area contributed by atoms with Crippen molar-refractivity contribution in [2.24, 2.45) is 0 Å². The summed E-state index contributed by atoms with van der Waals surface area (Å²) in [4.78, 5) is 0.277. The molecule has 0 aliphatic carbocycles. The second-order valence-electron chi connectivity index (χ2n) is 5.25. The Balaban J connectivity index is 2.08. The van der Waals surface area contributed by atoms with Crippen LogP contribution in [0, 0.1) is 6.92 Å². The first-order valence-corrected chi connectivity index (χ1v) is 8.30. The van der Waals surface area contributed by atoms with E-state index in [2.05, 4.69) is 0 Å². The Hall–Kier alpha value is -1.85. The lowest BCUT2D eigenvalue weighted by Gasteiger charge is -2.32. The van der Waals surface area contributed by atoms with Gasteiger partial charge in [-0.3, -0.25) is 4.31 Å². The summed E-state index contributed by atoms with van der Waals surface area (Å²) in [7, 11) is -3.59. The van der Waals surface area contributed by atoms with Crippen molar-refractivity contribution >= 4 is 15.7 Å². The average molecular weight is 303 g/mol. The topological polar surface area (TPSA) is 57.6 Å². The standard InChI is InChI=1S/C16H17NO3S/c1-12-6-8-13(9-7-12)21(19,20)17-11-10-16(18)14-4-2-3-5-15(14)17/h2-9,16,18H,10-11H2,1H3/t16-/m0/s1. The molecule has 0 fully saturated rings. The fourth-order valence-corrected chi connectivity index (χ4v) is 4.10. The molecule has 21 heavy (non-hydrogen) atoms. The van der Waals surface area contributed by atoms with Gasteiger partial charge in [-0.15, -0.1) is 0 Å². The van der Waals surface area contributed by atoms with Crippen LogP contribution in [-0.4, -0.2) is 20.1 Å². The summed E-state index contributed by atoms with van der Waals surface area (Å²) in [6.07, 6.45) is -0.201. The first kappa shape index (κ1) is 14.1. The van der Waals surface area contributed by atoms with Crippen molar-refractivity contribution in [3.63, 3.8) is 0 Å². The Morgan fingerprint density at radius 3 is 2.48 bits per heavy atom. The van der Waals surface area contributed by atoms with Gasteiger partial charge in [-0.2, -0.15) is 0 Å². The van der Waals surface area contributed by atoms with E-state index in [-0.39, 0.29) is 11.4 Å². The molecule has 1 aliphatic heterocycles. The third-order valence-electron chi connectivity index (χ3n) is 3.78. The van der Waals surface area contributed by atoms with Crippen molar-refractivity contribution in [2.45, 2.75) is 24.3 Å². The van der Waals surface area contributed by atoms with Crippen LogP contribution in [0.4, 0.5) is 5.69 Å². The smallest absolute Gasteiger partial charge is 0.264 e. The highest BCUT2D eigenvalue weighted by Gasteiger charge is 2.31. The van der Waals surface area contributed by atoms with E-state index < -0.39 is 16.1 Å². The monoisotopic (exact) mass is 303 g/mol. The summed E-state index contributed by atoms with van der Waals surface area (Å²) >= 11 is 0. The Morgan fingerprint density at radius 2 is 1.76 bits per heavy atom. The molecule has 1 aliphatic rings. The third-order valence-corrected chi connectivity index (χ3v) is 5.61. The molecule has 3 rings (SSSR count). The number of rotatable bonds is 2. The zero-order valence-corrected chi connectivity index (χ0v) is 12.5. The Kier molecular flexibility index (Phi) is 3.47. The average Bonchev–Trinajstić information content (AvgIpc) is 2.48. The Bertz CT molecular complexity index is 753. The van der Waals surface area contributed by atoms with Gasteiger partial charge >= 0.3 is 0 Å². The Labute approximate surface area is 124 Å². The first-order chi connectivity index (χ1) is 10.00. The highest BCUT2D eigenvalue weighted by Crippen LogP contribution is 2.36. The van der Waals surface area contributed by atoms with E-state index >= 15 is 0 Å². The van der Waals surface area contributed by atoms with Crippen LogP contribution in [0.15, 0.2) is 53.4 Å². The minimum Gasteiger partial charge on any atom is -0.388 e. The van der Waals surface area contributed by atoms with Gasteiger partial charge in [0.2, 0.25) is 0 Å². The molecule has 0 spiro atoms. The van der Waals surface area contributed by atoms with Crippen molar-refractivity contribution in [3.8, 4) is 0 Å². The van der Waals surface area contributed by atoms with Gasteiger partial charge in [-0.05, 0) is 31.5 Å². The van der Waals surface area contributed by atoms with Gasteiger partial charge in [0.15, 0.2) is 0 Å². The highest BCUT2D eigenvalue weighted by atomic mass is 32.2. The maximum Gasteiger partial charge on any atom is 0.264 e. The van der Waals surface area contributed by atoms with Crippen LogP contribution in [0.25, 0.3) is 0 Å². The molecule has 2 aromatic carbocycles. The summed E-state index contributed by atoms with van der Waals surface area (Å²) in [6.45, 7) is 2.21. The number of sulfonamides is 1. The fourth-order valence-electron chi connectivity index (χ4n) is 2.60. The van der Waals surface area contributed by atoms with Gasteiger partial charge in [0.25, 0.3) is 10.0 Å². The van der Waals surface area contributed by atoms with Crippen LogP contribution in [0.2, 0.25) is 0 Å². The summed E-state index contributed by atoms with van der Waals surface area (Å²) in [5, 5.41) is 10.0. The number of benzene rings is 2. The van der Waals surface area contributed by atoms with Crippen molar-refractivity contribution < 1.29 is 13.5 Å². The molecule has 1 atom stereocenters. The van der Waals surface area contributed by atoms with Crippen LogP contribution < -0.4 is 4.31 Å². The lowest BCUT2D eigenvalue weighted by molar-refractivity contribution is 0.166. The minimum atomic E-state index is -3.59. The van der Waals surface area contributed by atoms with Crippen molar-refractivity contribution in [2.75, 3.05) is 10.8 Å². The van der Waals surface area contributed by atoms with Crippen molar-refractivity contribution in [1.29, 1.82) is 0 Å². The molecule has 5 heteroatoms. The normalized spacial score (nSPS) is 18.4. The lowest BCUT2D eigenvalue weighted by atomic mass is 10.0. The number of aliphatic hydroxyl groups excluding tert-OH is 1. The number of anilines is 1. The highest BCUT2D eigenvalue weighted by molar-refractivity contribution is 7.92. The number of aryl methyl sites for hydroxylation is 1. The fraction of sp³-hybridized carbons (Fsp3) is 0.250. The maximum atomic E-state index is 12.8. The number of para-hydroxylation sites is 1. The van der Waals surface area contributed by atoms with Gasteiger partial charge in [-0.25, -0.2) is 8.42 Å². The Morgan fingerprint density at radius 1 is 1.10 bits per heavy atom. The van der Waals surface area contributed by atoms with Crippen molar-refractivity contribution in [1.82, 2.24) is 0 Å². The second kappa shape index (κ2) is 5.16. The van der Waals surface area contributed by atoms with Crippen LogP contribution in [0.5, 0.6) is 0 Å². The van der Waals surface area contributed by atoms with Gasteiger partial charge in [0.1, 0.15) is 0 Å². The van der Waals surface area contributed by atoms with Gasteiger partial charge in [0.05, 0.1) is 16.7 Å². The molecule has 0 bridgehead atoms. The summed E-state index contributed by atoms with van der Waals surface area (Å²) in [6, 6.07) is 13.9. The SMILES string of the molecule is Cc1ccc(S(=O)(=O)N2CC[C@H](O)c3ccccc32)cc1. The molecule has 0 saturated heterocycles. The van der Waals surface area contributed by atoms with E-state index in [4.69, 9.17) is 0 Å².